The fourth-order valence-electron chi connectivity index (χ4n) is 3.08. The van der Waals surface area contributed by atoms with Crippen LogP contribution in [0.5, 0.6) is 17.2 Å². The highest BCUT2D eigenvalue weighted by Crippen LogP contribution is 2.34. The van der Waals surface area contributed by atoms with Crippen LogP contribution in [0.2, 0.25) is 0 Å². The van der Waals surface area contributed by atoms with E-state index in [9.17, 15) is 9.59 Å². The van der Waals surface area contributed by atoms with Crippen molar-refractivity contribution in [1.29, 1.82) is 0 Å². The first-order valence-electron chi connectivity index (χ1n) is 10.7. The van der Waals surface area contributed by atoms with Crippen LogP contribution in [0.25, 0.3) is 6.08 Å². The molecule has 0 aromatic heterocycles. The zero-order valence-electron chi connectivity index (χ0n) is 19.0. The lowest BCUT2D eigenvalue weighted by Gasteiger charge is -2.13. The molecular weight excluding hydrogens is 472 g/mol. The van der Waals surface area contributed by atoms with Crippen LogP contribution in [0.4, 0.5) is 5.69 Å². The molecular formula is C25H26N2O5S2. The number of ether oxygens (including phenoxy) is 3. The summed E-state index contributed by atoms with van der Waals surface area (Å²) in [5.41, 5.74) is 1.40. The molecule has 0 aliphatic carbocycles. The van der Waals surface area contributed by atoms with Crippen molar-refractivity contribution in [1.82, 2.24) is 4.90 Å². The highest BCUT2D eigenvalue weighted by atomic mass is 32.2. The van der Waals surface area contributed by atoms with E-state index < -0.39 is 0 Å². The van der Waals surface area contributed by atoms with Crippen LogP contribution in [0.3, 0.4) is 0 Å². The first kappa shape index (κ1) is 25.3. The Morgan fingerprint density at radius 2 is 1.82 bits per heavy atom. The van der Waals surface area contributed by atoms with E-state index in [2.05, 4.69) is 11.9 Å². The molecule has 7 nitrogen and oxygen atoms in total. The zero-order chi connectivity index (χ0) is 24.5. The van der Waals surface area contributed by atoms with Crippen LogP contribution in [0, 0.1) is 0 Å². The number of benzene rings is 2. The fraction of sp³-hybridized carbons (Fsp3) is 0.240. The van der Waals surface area contributed by atoms with E-state index in [1.807, 2.05) is 13.8 Å². The molecule has 9 heteroatoms. The van der Waals surface area contributed by atoms with Crippen molar-refractivity contribution in [3.05, 3.63) is 65.6 Å². The number of amides is 2. The summed E-state index contributed by atoms with van der Waals surface area (Å²) in [7, 11) is 0. The third kappa shape index (κ3) is 6.61. The summed E-state index contributed by atoms with van der Waals surface area (Å²) < 4.78 is 17.3. The van der Waals surface area contributed by atoms with Crippen LogP contribution in [-0.4, -0.2) is 47.4 Å². The summed E-state index contributed by atoms with van der Waals surface area (Å²) in [6.07, 6.45) is 3.40. The van der Waals surface area contributed by atoms with E-state index in [1.165, 1.54) is 16.7 Å². The molecule has 0 unspecified atom stereocenters. The summed E-state index contributed by atoms with van der Waals surface area (Å²) >= 11 is 6.53. The summed E-state index contributed by atoms with van der Waals surface area (Å²) in [4.78, 5) is 26.9. The minimum atomic E-state index is -0.304. The number of hydrogen-bond donors (Lipinski definition) is 1. The lowest BCUT2D eigenvalue weighted by molar-refractivity contribution is -0.121. The fourth-order valence-corrected chi connectivity index (χ4v) is 4.36. The van der Waals surface area contributed by atoms with Crippen LogP contribution >= 0.6 is 24.0 Å². The Morgan fingerprint density at radius 3 is 2.50 bits per heavy atom. The van der Waals surface area contributed by atoms with Crippen LogP contribution in [-0.2, 0) is 9.59 Å². The number of thioether (sulfide) groups is 1. The Morgan fingerprint density at radius 1 is 1.09 bits per heavy atom. The second-order valence-electron chi connectivity index (χ2n) is 7.01. The normalized spacial score (nSPS) is 14.3. The molecule has 2 amide bonds. The maximum absolute atomic E-state index is 12.6. The molecule has 0 atom stereocenters. The Labute approximate surface area is 208 Å². The second kappa shape index (κ2) is 12.2. The Balaban J connectivity index is 1.66. The lowest BCUT2D eigenvalue weighted by Crippen LogP contribution is -2.27. The van der Waals surface area contributed by atoms with Gasteiger partial charge >= 0.3 is 0 Å². The molecule has 2 aromatic rings. The lowest BCUT2D eigenvalue weighted by atomic mass is 10.2. The van der Waals surface area contributed by atoms with Gasteiger partial charge in [-0.15, -0.1) is 6.58 Å². The quantitative estimate of drug-likeness (QED) is 0.269. The maximum Gasteiger partial charge on any atom is 0.266 e. The summed E-state index contributed by atoms with van der Waals surface area (Å²) in [6, 6.07) is 12.4. The average molecular weight is 499 g/mol. The predicted molar refractivity (Wildman–Crippen MR) is 139 cm³/mol. The van der Waals surface area contributed by atoms with Crippen LogP contribution in [0.15, 0.2) is 60.0 Å². The van der Waals surface area contributed by atoms with Gasteiger partial charge in [-0.1, -0.05) is 36.1 Å². The number of anilines is 1. The van der Waals surface area contributed by atoms with Gasteiger partial charge in [0, 0.05) is 12.2 Å². The van der Waals surface area contributed by atoms with E-state index >= 15 is 0 Å². The average Bonchev–Trinajstić information content (AvgIpc) is 3.08. The van der Waals surface area contributed by atoms with Gasteiger partial charge in [0.25, 0.3) is 11.8 Å². The molecule has 0 bridgehead atoms. The van der Waals surface area contributed by atoms with Gasteiger partial charge in [0.05, 0.1) is 18.1 Å². The molecule has 3 rings (SSSR count). The summed E-state index contributed by atoms with van der Waals surface area (Å²) in [6.45, 7) is 8.61. The van der Waals surface area contributed by atoms with E-state index in [0.717, 1.165) is 11.3 Å². The van der Waals surface area contributed by atoms with Crippen molar-refractivity contribution in [2.24, 2.45) is 0 Å². The van der Waals surface area contributed by atoms with Gasteiger partial charge in [-0.3, -0.25) is 14.5 Å². The van der Waals surface area contributed by atoms with E-state index in [0.29, 0.717) is 46.2 Å². The first-order valence-corrected chi connectivity index (χ1v) is 12.0. The minimum absolute atomic E-state index is 0.154. The number of nitrogens with one attached hydrogen (secondary N) is 1. The van der Waals surface area contributed by atoms with Gasteiger partial charge < -0.3 is 19.5 Å². The maximum atomic E-state index is 12.6. The number of carbonyl (C=O) groups excluding carboxylic acids is 2. The summed E-state index contributed by atoms with van der Waals surface area (Å²) in [5, 5.41) is 2.78. The number of carbonyl (C=O) groups is 2. The molecule has 1 aliphatic rings. The van der Waals surface area contributed by atoms with Gasteiger partial charge in [-0.25, -0.2) is 0 Å². The molecule has 0 radical (unpaired) electrons. The molecule has 34 heavy (non-hydrogen) atoms. The summed E-state index contributed by atoms with van der Waals surface area (Å²) in [5.74, 6) is 1.19. The van der Waals surface area contributed by atoms with Crippen LogP contribution in [0.1, 0.15) is 19.4 Å². The van der Waals surface area contributed by atoms with Crippen molar-refractivity contribution >= 4 is 51.9 Å². The molecule has 178 valence electrons. The number of rotatable bonds is 11. The molecule has 2 aromatic carbocycles. The Hall–Kier alpha value is -3.30. The van der Waals surface area contributed by atoms with Gasteiger partial charge in [-0.05, 0) is 61.9 Å². The van der Waals surface area contributed by atoms with Crippen molar-refractivity contribution in [2.45, 2.75) is 13.8 Å². The number of nitrogens with zero attached hydrogens (tertiary/aromatic N) is 1. The van der Waals surface area contributed by atoms with E-state index in [-0.39, 0.29) is 18.4 Å². The number of thiocarbonyl (C=S) groups is 1. The molecule has 1 heterocycles. The van der Waals surface area contributed by atoms with Gasteiger partial charge in [-0.2, -0.15) is 0 Å². The van der Waals surface area contributed by atoms with Crippen molar-refractivity contribution < 1.29 is 23.8 Å². The number of hydrogen-bond acceptors (Lipinski definition) is 7. The molecule has 1 N–H and O–H groups in total. The van der Waals surface area contributed by atoms with Crippen molar-refractivity contribution in [3.8, 4) is 17.2 Å². The van der Waals surface area contributed by atoms with Crippen LogP contribution < -0.4 is 19.5 Å². The monoisotopic (exact) mass is 498 g/mol. The van der Waals surface area contributed by atoms with Crippen molar-refractivity contribution in [3.63, 3.8) is 0 Å². The Bertz CT molecular complexity index is 1100. The largest absolute Gasteiger partial charge is 0.494 e. The molecule has 1 saturated heterocycles. The third-order valence-corrected chi connectivity index (χ3v) is 5.94. The molecule has 0 saturated carbocycles. The zero-order valence-corrected chi connectivity index (χ0v) is 20.7. The third-order valence-electron chi connectivity index (χ3n) is 4.56. The second-order valence-corrected chi connectivity index (χ2v) is 8.69. The standard InChI is InChI=1S/C25H26N2O5S2/c1-4-13-27-24(29)22(34-25(27)33)15-17-7-12-20(21(14-17)31-6-3)32-16-23(28)26-18-8-10-19(11-9-18)30-5-2/h4,7-12,14-15H,1,5-6,13,16H2,2-3H3,(H,26,28)/b22-15-. The van der Waals surface area contributed by atoms with Crippen molar-refractivity contribution in [2.75, 3.05) is 31.7 Å². The smallest absolute Gasteiger partial charge is 0.266 e. The van der Waals surface area contributed by atoms with E-state index in [1.54, 1.807) is 54.6 Å². The highest BCUT2D eigenvalue weighted by molar-refractivity contribution is 8.26. The topological polar surface area (TPSA) is 77.1 Å². The Kier molecular flexibility index (Phi) is 9.12. The first-order chi connectivity index (χ1) is 16.4. The molecule has 0 spiro atoms. The molecule has 1 fully saturated rings. The SMILES string of the molecule is C=CCN1C(=O)/C(=C/c2ccc(OCC(=O)Nc3ccc(OCC)cc3)c(OCC)c2)SC1=S. The van der Waals surface area contributed by atoms with Gasteiger partial charge in [0.1, 0.15) is 10.1 Å². The highest BCUT2D eigenvalue weighted by Gasteiger charge is 2.31. The van der Waals surface area contributed by atoms with E-state index in [4.69, 9.17) is 26.4 Å². The van der Waals surface area contributed by atoms with Gasteiger partial charge in [0.2, 0.25) is 0 Å². The van der Waals surface area contributed by atoms with Gasteiger partial charge in [0.15, 0.2) is 18.1 Å². The molecule has 1 aliphatic heterocycles. The minimum Gasteiger partial charge on any atom is -0.494 e. The predicted octanol–water partition coefficient (Wildman–Crippen LogP) is 4.89.